The van der Waals surface area contributed by atoms with Crippen molar-refractivity contribution in [1.82, 2.24) is 8.87 Å². The summed E-state index contributed by atoms with van der Waals surface area (Å²) in [5.41, 5.74) is 0.0208. The molecular formula is C13H20N2O4S. The molecule has 1 heterocycles. The Hall–Kier alpha value is -1.34. The molecule has 0 radical (unpaired) electrons. The molecule has 1 aliphatic carbocycles. The molecular weight excluding hydrogens is 280 g/mol. The van der Waals surface area contributed by atoms with Crippen molar-refractivity contribution in [2.45, 2.75) is 50.1 Å². The number of aromatic nitrogens is 1. The molecule has 0 bridgehead atoms. The minimum Gasteiger partial charge on any atom is -0.477 e. The predicted molar refractivity (Wildman–Crippen MR) is 74.3 cm³/mol. The first-order chi connectivity index (χ1) is 9.37. The highest BCUT2D eigenvalue weighted by molar-refractivity contribution is 7.89. The van der Waals surface area contributed by atoms with Gasteiger partial charge in [0.25, 0.3) is 0 Å². The molecule has 1 fully saturated rings. The van der Waals surface area contributed by atoms with Gasteiger partial charge in [-0.1, -0.05) is 13.3 Å². The number of aryl methyl sites for hydroxylation is 1. The van der Waals surface area contributed by atoms with Crippen molar-refractivity contribution in [2.75, 3.05) is 7.05 Å². The minimum atomic E-state index is -3.60. The summed E-state index contributed by atoms with van der Waals surface area (Å²) < 4.78 is 27.8. The Morgan fingerprint density at radius 1 is 1.50 bits per heavy atom. The Kier molecular flexibility index (Phi) is 4.19. The monoisotopic (exact) mass is 300 g/mol. The van der Waals surface area contributed by atoms with Crippen molar-refractivity contribution in [3.63, 3.8) is 0 Å². The second-order valence-corrected chi connectivity index (χ2v) is 7.16. The van der Waals surface area contributed by atoms with Crippen molar-refractivity contribution < 1.29 is 18.3 Å². The van der Waals surface area contributed by atoms with Gasteiger partial charge in [0.15, 0.2) is 0 Å². The van der Waals surface area contributed by atoms with Gasteiger partial charge < -0.3 is 9.67 Å². The van der Waals surface area contributed by atoms with Gasteiger partial charge >= 0.3 is 5.97 Å². The third-order valence-electron chi connectivity index (χ3n) is 3.82. The third-order valence-corrected chi connectivity index (χ3v) is 5.70. The minimum absolute atomic E-state index is 0.0208. The number of rotatable bonds is 6. The number of hydrogen-bond donors (Lipinski definition) is 1. The van der Waals surface area contributed by atoms with Gasteiger partial charge in [-0.2, -0.15) is 4.31 Å². The van der Waals surface area contributed by atoms with Crippen LogP contribution in [0.5, 0.6) is 0 Å². The van der Waals surface area contributed by atoms with Crippen LogP contribution in [0.15, 0.2) is 17.2 Å². The maximum atomic E-state index is 12.5. The van der Waals surface area contributed by atoms with Gasteiger partial charge in [-0.15, -0.1) is 0 Å². The lowest BCUT2D eigenvalue weighted by molar-refractivity contribution is 0.0685. The van der Waals surface area contributed by atoms with Crippen LogP contribution in [0.2, 0.25) is 0 Å². The zero-order valence-corrected chi connectivity index (χ0v) is 12.6. The molecule has 112 valence electrons. The van der Waals surface area contributed by atoms with E-state index in [2.05, 4.69) is 0 Å². The second kappa shape index (κ2) is 5.57. The number of carboxylic acids is 1. The van der Waals surface area contributed by atoms with Crippen molar-refractivity contribution in [3.8, 4) is 0 Å². The Balaban J connectivity index is 2.36. The standard InChI is InChI=1S/C13H20N2O4S/c1-3-7-15-9-11(8-12(15)13(16)17)20(18,19)14(2)10-5-4-6-10/h8-10H,3-7H2,1-2H3,(H,16,17). The van der Waals surface area contributed by atoms with E-state index in [0.29, 0.717) is 6.54 Å². The number of carboxylic acid groups (broad SMARTS) is 1. The van der Waals surface area contributed by atoms with Gasteiger partial charge in [0, 0.05) is 25.8 Å². The largest absolute Gasteiger partial charge is 0.477 e. The van der Waals surface area contributed by atoms with Crippen molar-refractivity contribution in [3.05, 3.63) is 18.0 Å². The van der Waals surface area contributed by atoms with E-state index in [1.807, 2.05) is 6.92 Å². The molecule has 0 spiro atoms. The van der Waals surface area contributed by atoms with Crippen LogP contribution in [0.1, 0.15) is 43.1 Å². The lowest BCUT2D eigenvalue weighted by Gasteiger charge is -2.33. The summed E-state index contributed by atoms with van der Waals surface area (Å²) in [5.74, 6) is -1.11. The Morgan fingerprint density at radius 3 is 2.60 bits per heavy atom. The van der Waals surface area contributed by atoms with Crippen LogP contribution in [0.3, 0.4) is 0 Å². The number of carbonyl (C=O) groups is 1. The van der Waals surface area contributed by atoms with E-state index in [-0.39, 0.29) is 16.6 Å². The molecule has 1 saturated carbocycles. The lowest BCUT2D eigenvalue weighted by Crippen LogP contribution is -2.41. The zero-order chi connectivity index (χ0) is 14.9. The maximum absolute atomic E-state index is 12.5. The molecule has 1 aromatic heterocycles. The average molecular weight is 300 g/mol. The summed E-state index contributed by atoms with van der Waals surface area (Å²) in [4.78, 5) is 11.2. The predicted octanol–water partition coefficient (Wildman–Crippen LogP) is 1.77. The first-order valence-corrected chi connectivity index (χ1v) is 8.23. The van der Waals surface area contributed by atoms with Crippen LogP contribution in [-0.4, -0.2) is 41.5 Å². The first kappa shape index (κ1) is 15.1. The van der Waals surface area contributed by atoms with Gasteiger partial charge in [0.1, 0.15) is 10.6 Å². The molecule has 0 aromatic carbocycles. The molecule has 1 aromatic rings. The SMILES string of the molecule is CCCn1cc(S(=O)(=O)N(C)C2CCC2)cc1C(=O)O. The fourth-order valence-corrected chi connectivity index (χ4v) is 3.80. The highest BCUT2D eigenvalue weighted by Gasteiger charge is 2.33. The summed E-state index contributed by atoms with van der Waals surface area (Å²) in [7, 11) is -2.04. The van der Waals surface area contributed by atoms with Gasteiger partial charge in [-0.3, -0.25) is 0 Å². The summed E-state index contributed by atoms with van der Waals surface area (Å²) >= 11 is 0. The maximum Gasteiger partial charge on any atom is 0.352 e. The smallest absolute Gasteiger partial charge is 0.352 e. The van der Waals surface area contributed by atoms with E-state index in [9.17, 15) is 13.2 Å². The number of hydrogen-bond acceptors (Lipinski definition) is 3. The van der Waals surface area contributed by atoms with Crippen LogP contribution in [0, 0.1) is 0 Å². The number of nitrogens with zero attached hydrogens (tertiary/aromatic N) is 2. The molecule has 0 atom stereocenters. The third kappa shape index (κ3) is 2.60. The molecule has 2 rings (SSSR count). The van der Waals surface area contributed by atoms with E-state index in [0.717, 1.165) is 25.7 Å². The van der Waals surface area contributed by atoms with Gasteiger partial charge in [0.2, 0.25) is 10.0 Å². The van der Waals surface area contributed by atoms with Crippen LogP contribution >= 0.6 is 0 Å². The fourth-order valence-electron chi connectivity index (χ4n) is 2.34. The van der Waals surface area contributed by atoms with Crippen LogP contribution in [0.25, 0.3) is 0 Å². The molecule has 7 heteroatoms. The summed E-state index contributed by atoms with van der Waals surface area (Å²) in [5, 5.41) is 9.15. The Labute approximate surface area is 119 Å². The van der Waals surface area contributed by atoms with Gasteiger partial charge in [0.05, 0.1) is 0 Å². The van der Waals surface area contributed by atoms with Gasteiger partial charge in [-0.25, -0.2) is 13.2 Å². The topological polar surface area (TPSA) is 79.6 Å². The van der Waals surface area contributed by atoms with Crippen molar-refractivity contribution >= 4 is 16.0 Å². The van der Waals surface area contributed by atoms with Crippen LogP contribution in [0.4, 0.5) is 0 Å². The quantitative estimate of drug-likeness (QED) is 0.868. The normalized spacial score (nSPS) is 16.4. The fraction of sp³-hybridized carbons (Fsp3) is 0.615. The zero-order valence-electron chi connectivity index (χ0n) is 11.7. The van der Waals surface area contributed by atoms with E-state index in [4.69, 9.17) is 5.11 Å². The molecule has 0 saturated heterocycles. The Bertz CT molecular complexity index is 602. The summed E-state index contributed by atoms with van der Waals surface area (Å²) in [6.45, 7) is 2.41. The molecule has 1 aliphatic rings. The van der Waals surface area contributed by atoms with Crippen LogP contribution < -0.4 is 0 Å². The average Bonchev–Trinajstić information content (AvgIpc) is 2.72. The molecule has 0 aliphatic heterocycles. The highest BCUT2D eigenvalue weighted by Crippen LogP contribution is 2.29. The molecule has 0 unspecified atom stereocenters. The first-order valence-electron chi connectivity index (χ1n) is 6.79. The van der Waals surface area contributed by atoms with E-state index >= 15 is 0 Å². The molecule has 6 nitrogen and oxygen atoms in total. The van der Waals surface area contributed by atoms with E-state index < -0.39 is 16.0 Å². The van der Waals surface area contributed by atoms with E-state index in [1.165, 1.54) is 21.1 Å². The number of aromatic carboxylic acids is 1. The lowest BCUT2D eigenvalue weighted by atomic mass is 9.94. The molecule has 0 amide bonds. The molecule has 1 N–H and O–H groups in total. The summed E-state index contributed by atoms with van der Waals surface area (Å²) in [6, 6.07) is 1.30. The van der Waals surface area contributed by atoms with Gasteiger partial charge in [-0.05, 0) is 25.3 Å². The molecule has 20 heavy (non-hydrogen) atoms. The summed E-state index contributed by atoms with van der Waals surface area (Å²) in [6.07, 6.45) is 4.96. The van der Waals surface area contributed by atoms with Crippen molar-refractivity contribution in [2.24, 2.45) is 0 Å². The highest BCUT2D eigenvalue weighted by atomic mass is 32.2. The van der Waals surface area contributed by atoms with Crippen LogP contribution in [-0.2, 0) is 16.6 Å². The Morgan fingerprint density at radius 2 is 2.15 bits per heavy atom. The van der Waals surface area contributed by atoms with E-state index in [1.54, 1.807) is 7.05 Å². The van der Waals surface area contributed by atoms with Crippen molar-refractivity contribution in [1.29, 1.82) is 0 Å². The number of sulfonamides is 1. The second-order valence-electron chi connectivity index (χ2n) is 5.17.